The van der Waals surface area contributed by atoms with E-state index in [-0.39, 0.29) is 32.0 Å². The normalized spacial score (nSPS) is 13.1. The van der Waals surface area contributed by atoms with Gasteiger partial charge in [0.2, 0.25) is 5.78 Å². The molecule has 0 fully saturated rings. The summed E-state index contributed by atoms with van der Waals surface area (Å²) in [6.45, 7) is 0. The van der Waals surface area contributed by atoms with Crippen molar-refractivity contribution in [3.8, 4) is 0 Å². The van der Waals surface area contributed by atoms with Crippen LogP contribution in [0.2, 0.25) is 5.02 Å². The molecule has 0 spiro atoms. The van der Waals surface area contributed by atoms with Crippen LogP contribution in [0.15, 0.2) is 46.9 Å². The summed E-state index contributed by atoms with van der Waals surface area (Å²) in [5.74, 6) is -0.335. The van der Waals surface area contributed by atoms with Crippen molar-refractivity contribution in [1.29, 1.82) is 0 Å². The molecule has 1 atom stereocenters. The fraction of sp³-hybridized carbons (Fsp3) is 0. The first kappa shape index (κ1) is 18.1. The van der Waals surface area contributed by atoms with Crippen molar-refractivity contribution in [1.82, 2.24) is 9.97 Å². The van der Waals surface area contributed by atoms with E-state index in [4.69, 9.17) is 23.1 Å². The summed E-state index contributed by atoms with van der Waals surface area (Å²) in [4.78, 5) is 20.6. The number of nitrogens with zero attached hydrogens (tertiary/aromatic N) is 2. The zero-order valence-electron chi connectivity index (χ0n) is 13.0. The molecule has 134 valence electrons. The lowest BCUT2D eigenvalue weighted by Gasteiger charge is -2.09. The van der Waals surface area contributed by atoms with Gasteiger partial charge in [-0.15, -0.1) is 0 Å². The molecule has 0 amide bonds. The Bertz CT molecular complexity index is 1100. The zero-order valence-corrected chi connectivity index (χ0v) is 15.4. The number of thiophene rings is 1. The number of carbonyl (C=O) groups is 1. The molecule has 3 rings (SSSR count). The Morgan fingerprint density at radius 3 is 2.65 bits per heavy atom. The summed E-state index contributed by atoms with van der Waals surface area (Å²) in [5, 5.41) is 0.579. The van der Waals surface area contributed by atoms with E-state index in [1.54, 1.807) is 0 Å². The quantitative estimate of drug-likeness (QED) is 0.435. The van der Waals surface area contributed by atoms with Gasteiger partial charge in [-0.25, -0.2) is 18.9 Å². The monoisotopic (exact) mass is 410 g/mol. The Hall–Kier alpha value is -2.69. The summed E-state index contributed by atoms with van der Waals surface area (Å²) in [6.07, 6.45) is 2.65. The third-order valence-electron chi connectivity index (χ3n) is 3.24. The van der Waals surface area contributed by atoms with Gasteiger partial charge >= 0.3 is 10.0 Å². The minimum atomic E-state index is -3.71. The first-order valence-electron chi connectivity index (χ1n) is 7.08. The summed E-state index contributed by atoms with van der Waals surface area (Å²) in [7, 11) is -3.71. The van der Waals surface area contributed by atoms with Crippen LogP contribution in [0, 0.1) is 0 Å². The zero-order chi connectivity index (χ0) is 18.9. The molecular formula is C15H13ClN5O3S2+. The highest BCUT2D eigenvalue weighted by Crippen LogP contribution is 2.28. The second-order valence-corrected chi connectivity index (χ2v) is 8.64. The minimum Gasteiger partial charge on any atom is -0.391 e. The SMILES string of the molecule is Nc1cc(C(=O)c2ncc(Cl)cc2NS(=O)(=[OH+])c2ccc(N)s2)ccn1. The fourth-order valence-corrected chi connectivity index (χ4v) is 4.44. The molecule has 1 unspecified atom stereocenters. The van der Waals surface area contributed by atoms with Gasteiger partial charge in [-0.05, 0) is 30.3 Å². The van der Waals surface area contributed by atoms with Crippen molar-refractivity contribution in [3.63, 3.8) is 0 Å². The molecule has 8 nitrogen and oxygen atoms in total. The third-order valence-corrected chi connectivity index (χ3v) is 6.26. The molecule has 0 bridgehead atoms. The Kier molecular flexibility index (Phi) is 4.81. The number of hydrogen-bond donors (Lipinski definition) is 3. The average Bonchev–Trinajstić information content (AvgIpc) is 3.01. The molecule has 0 aliphatic heterocycles. The molecule has 0 radical (unpaired) electrons. The average molecular weight is 411 g/mol. The highest BCUT2D eigenvalue weighted by molar-refractivity contribution is 7.94. The fourth-order valence-electron chi connectivity index (χ4n) is 2.11. The van der Waals surface area contributed by atoms with Gasteiger partial charge < -0.3 is 11.5 Å². The van der Waals surface area contributed by atoms with Crippen LogP contribution in [0.3, 0.4) is 0 Å². The molecule has 0 aliphatic carbocycles. The van der Waals surface area contributed by atoms with E-state index in [2.05, 4.69) is 14.7 Å². The topological polar surface area (TPSA) is 145 Å². The largest absolute Gasteiger partial charge is 0.406 e. The molecule has 0 saturated carbocycles. The van der Waals surface area contributed by atoms with Crippen molar-refractivity contribution < 1.29 is 13.2 Å². The van der Waals surface area contributed by atoms with Gasteiger partial charge in [0.15, 0.2) is 4.21 Å². The van der Waals surface area contributed by atoms with Gasteiger partial charge in [0.1, 0.15) is 11.5 Å². The van der Waals surface area contributed by atoms with Crippen molar-refractivity contribution in [2.24, 2.45) is 0 Å². The Morgan fingerprint density at radius 1 is 1.23 bits per heavy atom. The minimum absolute atomic E-state index is 0.0114. The van der Waals surface area contributed by atoms with Gasteiger partial charge in [-0.2, -0.15) is 4.21 Å². The smallest absolute Gasteiger partial charge is 0.391 e. The van der Waals surface area contributed by atoms with E-state index >= 15 is 0 Å². The number of nitrogen functional groups attached to an aromatic ring is 2. The molecule has 0 aromatic carbocycles. The highest BCUT2D eigenvalue weighted by atomic mass is 35.5. The van der Waals surface area contributed by atoms with Crippen LogP contribution in [0.1, 0.15) is 16.1 Å². The summed E-state index contributed by atoms with van der Waals surface area (Å²) in [5.41, 5.74) is 11.4. The van der Waals surface area contributed by atoms with Gasteiger partial charge in [0.05, 0.1) is 15.7 Å². The highest BCUT2D eigenvalue weighted by Gasteiger charge is 2.26. The number of carbonyl (C=O) groups excluding carboxylic acids is 1. The number of ketones is 1. The van der Waals surface area contributed by atoms with Crippen LogP contribution in [-0.2, 0) is 10.0 Å². The summed E-state index contributed by atoms with van der Waals surface area (Å²) in [6, 6.07) is 7.14. The number of anilines is 3. The van der Waals surface area contributed by atoms with E-state index in [0.717, 1.165) is 11.3 Å². The summed E-state index contributed by atoms with van der Waals surface area (Å²) >= 11 is 6.89. The Morgan fingerprint density at radius 2 is 2.00 bits per heavy atom. The van der Waals surface area contributed by atoms with E-state index in [1.165, 1.54) is 42.7 Å². The van der Waals surface area contributed by atoms with Gasteiger partial charge in [-0.3, -0.25) is 4.79 Å². The first-order valence-corrected chi connectivity index (χ1v) is 9.79. The van der Waals surface area contributed by atoms with E-state index in [0.29, 0.717) is 5.00 Å². The van der Waals surface area contributed by atoms with Crippen LogP contribution in [-0.4, -0.2) is 24.2 Å². The van der Waals surface area contributed by atoms with E-state index in [1.807, 2.05) is 0 Å². The number of hydrogen-bond acceptors (Lipinski definition) is 7. The Balaban J connectivity index is 2.03. The maximum Gasteiger partial charge on any atom is 0.406 e. The number of rotatable bonds is 5. The van der Waals surface area contributed by atoms with Crippen LogP contribution in [0.4, 0.5) is 16.5 Å². The molecule has 26 heavy (non-hydrogen) atoms. The molecule has 3 aromatic heterocycles. The van der Waals surface area contributed by atoms with Crippen molar-refractivity contribution >= 4 is 55.3 Å². The van der Waals surface area contributed by atoms with Crippen LogP contribution >= 0.6 is 22.9 Å². The van der Waals surface area contributed by atoms with Crippen molar-refractivity contribution in [3.05, 3.63) is 59.0 Å². The number of halogens is 1. The maximum atomic E-state index is 12.7. The third kappa shape index (κ3) is 3.77. The van der Waals surface area contributed by atoms with Crippen LogP contribution < -0.4 is 16.2 Å². The number of nitrogens with one attached hydrogen (secondary N) is 1. The first-order chi connectivity index (χ1) is 12.3. The van der Waals surface area contributed by atoms with Crippen LogP contribution in [0.5, 0.6) is 0 Å². The predicted molar refractivity (Wildman–Crippen MR) is 102 cm³/mol. The molecule has 11 heteroatoms. The van der Waals surface area contributed by atoms with E-state index in [9.17, 15) is 13.2 Å². The van der Waals surface area contributed by atoms with Crippen molar-refractivity contribution in [2.75, 3.05) is 16.2 Å². The lowest BCUT2D eigenvalue weighted by Crippen LogP contribution is -2.16. The van der Waals surface area contributed by atoms with Crippen LogP contribution in [0.25, 0.3) is 0 Å². The van der Waals surface area contributed by atoms with Crippen molar-refractivity contribution in [2.45, 2.75) is 4.21 Å². The van der Waals surface area contributed by atoms with Gasteiger partial charge in [0.25, 0.3) is 0 Å². The second kappa shape index (κ2) is 6.90. The molecule has 0 saturated heterocycles. The molecule has 3 heterocycles. The number of pyridine rings is 2. The molecule has 6 N–H and O–H groups in total. The molecule has 0 aliphatic rings. The lowest BCUT2D eigenvalue weighted by molar-refractivity contribution is 0.103. The summed E-state index contributed by atoms with van der Waals surface area (Å²) < 4.78 is 25.5. The standard InChI is InChI=1S/C15H12ClN5O3S2/c16-9-6-10(21-26(23,24)13-2-1-12(18)25-13)14(20-7-9)15(22)8-3-4-19-11(17)5-8/h1-7H,18H2,(H2,17,19)(H,21,23,24)/p+1. The predicted octanol–water partition coefficient (Wildman–Crippen LogP) is 2.54. The maximum absolute atomic E-state index is 12.7. The van der Waals surface area contributed by atoms with E-state index < -0.39 is 15.8 Å². The Labute approximate surface area is 157 Å². The second-order valence-electron chi connectivity index (χ2n) is 5.13. The number of nitrogens with two attached hydrogens (primary N) is 2. The lowest BCUT2D eigenvalue weighted by atomic mass is 10.1. The number of aromatic nitrogens is 2. The van der Waals surface area contributed by atoms with Gasteiger partial charge in [-0.1, -0.05) is 22.9 Å². The molecular weight excluding hydrogens is 398 g/mol. The molecule has 3 aromatic rings. The van der Waals surface area contributed by atoms with Gasteiger partial charge in [0, 0.05) is 18.0 Å².